The van der Waals surface area contributed by atoms with Crippen LogP contribution in [0.3, 0.4) is 0 Å². The van der Waals surface area contributed by atoms with Gasteiger partial charge in [-0.3, -0.25) is 4.79 Å². The normalized spacial score (nSPS) is 11.0. The smallest absolute Gasteiger partial charge is 0.256 e. The van der Waals surface area contributed by atoms with E-state index < -0.39 is 0 Å². The monoisotopic (exact) mass is 276 g/mol. The Kier molecular flexibility index (Phi) is 2.50. The third kappa shape index (κ3) is 2.04. The molecule has 0 saturated heterocycles. The molecule has 0 saturated carbocycles. The van der Waals surface area contributed by atoms with E-state index in [2.05, 4.69) is 15.3 Å². The molecule has 0 radical (unpaired) electrons. The summed E-state index contributed by atoms with van der Waals surface area (Å²) in [6, 6.07) is 13.2. The number of hydrogen-bond donors (Lipinski definition) is 2. The van der Waals surface area contributed by atoms with Crippen molar-refractivity contribution in [2.45, 2.75) is 0 Å². The summed E-state index contributed by atoms with van der Waals surface area (Å²) in [5, 5.41) is 3.90. The van der Waals surface area contributed by atoms with E-state index >= 15 is 0 Å². The number of imidazole rings is 1. The number of H-pyrrole nitrogens is 1. The van der Waals surface area contributed by atoms with Gasteiger partial charge in [0.05, 0.1) is 6.20 Å². The number of hydrogen-bond acceptors (Lipinski definition) is 2. The molecule has 4 aromatic rings. The molecule has 4 rings (SSSR count). The minimum absolute atomic E-state index is 0.171. The lowest BCUT2D eigenvalue weighted by molar-refractivity contribution is 0.102. The van der Waals surface area contributed by atoms with Crippen LogP contribution in [-0.2, 0) is 0 Å². The predicted molar refractivity (Wildman–Crippen MR) is 81.4 cm³/mol. The van der Waals surface area contributed by atoms with Gasteiger partial charge >= 0.3 is 0 Å². The Morgan fingerprint density at radius 2 is 2.14 bits per heavy atom. The maximum atomic E-state index is 12.3. The summed E-state index contributed by atoms with van der Waals surface area (Å²) in [4.78, 5) is 19.7. The maximum absolute atomic E-state index is 12.3. The second kappa shape index (κ2) is 4.49. The van der Waals surface area contributed by atoms with E-state index in [0.29, 0.717) is 11.4 Å². The van der Waals surface area contributed by atoms with Gasteiger partial charge in [0, 0.05) is 23.5 Å². The topological polar surface area (TPSA) is 62.2 Å². The first kappa shape index (κ1) is 11.7. The second-order valence-corrected chi connectivity index (χ2v) is 4.83. The van der Waals surface area contributed by atoms with Gasteiger partial charge in [-0.2, -0.15) is 0 Å². The van der Waals surface area contributed by atoms with Crippen LogP contribution in [0, 0.1) is 0 Å². The zero-order valence-corrected chi connectivity index (χ0v) is 11.1. The van der Waals surface area contributed by atoms with Crippen LogP contribution in [0.5, 0.6) is 0 Å². The third-order valence-corrected chi connectivity index (χ3v) is 3.42. The molecule has 5 heteroatoms. The predicted octanol–water partition coefficient (Wildman–Crippen LogP) is 3.07. The molecule has 0 unspecified atom stereocenters. The average Bonchev–Trinajstić information content (AvgIpc) is 3.11. The van der Waals surface area contributed by atoms with Gasteiger partial charge in [-0.1, -0.05) is 12.1 Å². The molecule has 3 heterocycles. The second-order valence-electron chi connectivity index (χ2n) is 4.83. The molecule has 0 aliphatic carbocycles. The molecule has 0 spiro atoms. The van der Waals surface area contributed by atoms with Crippen molar-refractivity contribution in [2.75, 3.05) is 5.32 Å². The number of aromatic amines is 1. The number of rotatable bonds is 2. The van der Waals surface area contributed by atoms with E-state index in [9.17, 15) is 4.79 Å². The highest BCUT2D eigenvalue weighted by Crippen LogP contribution is 2.16. The SMILES string of the molecule is O=C(Nc1cn2ccccc2n1)c1ccc2cc[nH]c2c1. The molecule has 0 fully saturated rings. The molecule has 0 aliphatic heterocycles. The number of anilines is 1. The Balaban J connectivity index is 1.64. The van der Waals surface area contributed by atoms with E-state index in [1.165, 1.54) is 0 Å². The number of pyridine rings is 1. The van der Waals surface area contributed by atoms with Crippen LogP contribution in [0.1, 0.15) is 10.4 Å². The highest BCUT2D eigenvalue weighted by molar-refractivity contribution is 6.05. The molecular weight excluding hydrogens is 264 g/mol. The molecule has 2 N–H and O–H groups in total. The number of carbonyl (C=O) groups is 1. The number of nitrogens with one attached hydrogen (secondary N) is 2. The Bertz CT molecular complexity index is 918. The van der Waals surface area contributed by atoms with Crippen molar-refractivity contribution in [3.63, 3.8) is 0 Å². The molecule has 1 amide bonds. The maximum Gasteiger partial charge on any atom is 0.256 e. The minimum Gasteiger partial charge on any atom is -0.361 e. The fraction of sp³-hybridized carbons (Fsp3) is 0. The largest absolute Gasteiger partial charge is 0.361 e. The minimum atomic E-state index is -0.171. The quantitative estimate of drug-likeness (QED) is 0.591. The zero-order valence-electron chi connectivity index (χ0n) is 11.1. The number of fused-ring (bicyclic) bond motifs is 2. The zero-order chi connectivity index (χ0) is 14.2. The van der Waals surface area contributed by atoms with Crippen LogP contribution >= 0.6 is 0 Å². The number of nitrogens with zero attached hydrogens (tertiary/aromatic N) is 2. The van der Waals surface area contributed by atoms with Crippen LogP contribution in [0.25, 0.3) is 16.6 Å². The van der Waals surface area contributed by atoms with Gasteiger partial charge in [-0.25, -0.2) is 4.98 Å². The standard InChI is InChI=1S/C16H12N4O/c21-16(12-5-4-11-6-7-17-13(11)9-12)19-14-10-20-8-2-1-3-15(20)18-14/h1-10,17H,(H,19,21). The average molecular weight is 276 g/mol. The molecule has 21 heavy (non-hydrogen) atoms. The van der Waals surface area contributed by atoms with Gasteiger partial charge in [0.2, 0.25) is 0 Å². The van der Waals surface area contributed by atoms with Crippen LogP contribution in [-0.4, -0.2) is 20.3 Å². The van der Waals surface area contributed by atoms with E-state index in [4.69, 9.17) is 0 Å². The molecule has 3 aromatic heterocycles. The summed E-state index contributed by atoms with van der Waals surface area (Å²) >= 11 is 0. The summed E-state index contributed by atoms with van der Waals surface area (Å²) in [7, 11) is 0. The molecule has 5 nitrogen and oxygen atoms in total. The lowest BCUT2D eigenvalue weighted by atomic mass is 10.1. The number of amides is 1. The van der Waals surface area contributed by atoms with Crippen molar-refractivity contribution in [3.8, 4) is 0 Å². The van der Waals surface area contributed by atoms with Gasteiger partial charge in [0.1, 0.15) is 5.65 Å². The molecule has 0 bridgehead atoms. The van der Waals surface area contributed by atoms with Crippen molar-refractivity contribution in [1.29, 1.82) is 0 Å². The van der Waals surface area contributed by atoms with Crippen molar-refractivity contribution in [2.24, 2.45) is 0 Å². The molecule has 1 aromatic carbocycles. The summed E-state index contributed by atoms with van der Waals surface area (Å²) in [6.07, 6.45) is 5.54. The molecule has 0 atom stereocenters. The Morgan fingerprint density at radius 1 is 1.19 bits per heavy atom. The first-order valence-corrected chi connectivity index (χ1v) is 6.62. The Hall–Kier alpha value is -3.08. The van der Waals surface area contributed by atoms with Crippen molar-refractivity contribution < 1.29 is 4.79 Å². The first-order chi connectivity index (χ1) is 10.3. The molecule has 102 valence electrons. The molecule has 0 aliphatic rings. The fourth-order valence-electron chi connectivity index (χ4n) is 2.37. The van der Waals surface area contributed by atoms with E-state index in [1.807, 2.05) is 53.2 Å². The van der Waals surface area contributed by atoms with Crippen molar-refractivity contribution in [3.05, 3.63) is 66.6 Å². The lowest BCUT2D eigenvalue weighted by Crippen LogP contribution is -2.11. The van der Waals surface area contributed by atoms with Gasteiger partial charge in [-0.05, 0) is 35.7 Å². The molecular formula is C16H12N4O. The Morgan fingerprint density at radius 3 is 3.05 bits per heavy atom. The first-order valence-electron chi connectivity index (χ1n) is 6.62. The summed E-state index contributed by atoms with van der Waals surface area (Å²) in [5.41, 5.74) is 2.34. The Labute approximate surface area is 120 Å². The summed E-state index contributed by atoms with van der Waals surface area (Å²) in [5.74, 6) is 0.368. The highest BCUT2D eigenvalue weighted by atomic mass is 16.1. The number of benzene rings is 1. The van der Waals surface area contributed by atoms with Crippen LogP contribution in [0.15, 0.2) is 61.1 Å². The van der Waals surface area contributed by atoms with Crippen LogP contribution < -0.4 is 5.32 Å². The lowest BCUT2D eigenvalue weighted by Gasteiger charge is -2.02. The van der Waals surface area contributed by atoms with Crippen molar-refractivity contribution in [1.82, 2.24) is 14.4 Å². The highest BCUT2D eigenvalue weighted by Gasteiger charge is 2.09. The third-order valence-electron chi connectivity index (χ3n) is 3.42. The van der Waals surface area contributed by atoms with E-state index in [1.54, 1.807) is 12.3 Å². The number of aromatic nitrogens is 3. The van der Waals surface area contributed by atoms with Gasteiger partial charge < -0.3 is 14.7 Å². The van der Waals surface area contributed by atoms with E-state index in [-0.39, 0.29) is 5.91 Å². The van der Waals surface area contributed by atoms with Gasteiger partial charge in [0.15, 0.2) is 5.82 Å². The van der Waals surface area contributed by atoms with Crippen molar-refractivity contribution >= 4 is 28.3 Å². The summed E-state index contributed by atoms with van der Waals surface area (Å²) < 4.78 is 1.86. The van der Waals surface area contributed by atoms with Gasteiger partial charge in [0.25, 0.3) is 5.91 Å². The summed E-state index contributed by atoms with van der Waals surface area (Å²) in [6.45, 7) is 0. The van der Waals surface area contributed by atoms with Gasteiger partial charge in [-0.15, -0.1) is 0 Å². The van der Waals surface area contributed by atoms with E-state index in [0.717, 1.165) is 16.6 Å². The van der Waals surface area contributed by atoms with Crippen LogP contribution in [0.4, 0.5) is 5.82 Å². The van der Waals surface area contributed by atoms with Crippen LogP contribution in [0.2, 0.25) is 0 Å². The fourth-order valence-corrected chi connectivity index (χ4v) is 2.37. The number of carbonyl (C=O) groups excluding carboxylic acids is 1.